The molecule has 0 saturated carbocycles. The summed E-state index contributed by atoms with van der Waals surface area (Å²) in [6, 6.07) is 4.21. The van der Waals surface area contributed by atoms with Crippen LogP contribution in [0.3, 0.4) is 0 Å². The van der Waals surface area contributed by atoms with Crippen molar-refractivity contribution in [3.63, 3.8) is 0 Å². The molecule has 1 aliphatic heterocycles. The zero-order valence-electron chi connectivity index (χ0n) is 10.0. The summed E-state index contributed by atoms with van der Waals surface area (Å²) in [6.07, 6.45) is 0.869. The zero-order chi connectivity index (χ0) is 11.9. The molecular formula is C13H18BrNO. The summed E-state index contributed by atoms with van der Waals surface area (Å²) >= 11 is 3.55. The van der Waals surface area contributed by atoms with E-state index < -0.39 is 0 Å². The minimum absolute atomic E-state index is 0.277. The van der Waals surface area contributed by atoms with E-state index in [0.717, 1.165) is 22.2 Å². The Bertz CT molecular complexity index is 413. The van der Waals surface area contributed by atoms with Gasteiger partial charge in [0.25, 0.3) is 0 Å². The van der Waals surface area contributed by atoms with E-state index in [-0.39, 0.29) is 5.54 Å². The highest BCUT2D eigenvalue weighted by atomic mass is 79.9. The standard InChI is InChI=1S/C13H18BrNO/c1-8(2)10-6-9(14)7-11-12(10)16-5-4-13(11,3)15/h6-8H,4-5,15H2,1-3H3. The van der Waals surface area contributed by atoms with Gasteiger partial charge in [0, 0.05) is 22.0 Å². The molecule has 0 aliphatic carbocycles. The molecule has 1 unspecified atom stereocenters. The molecule has 3 heteroatoms. The van der Waals surface area contributed by atoms with Gasteiger partial charge < -0.3 is 10.5 Å². The number of fused-ring (bicyclic) bond motifs is 1. The van der Waals surface area contributed by atoms with Gasteiger partial charge in [-0.15, -0.1) is 0 Å². The molecule has 16 heavy (non-hydrogen) atoms. The lowest BCUT2D eigenvalue weighted by Gasteiger charge is -2.34. The predicted molar refractivity (Wildman–Crippen MR) is 69.9 cm³/mol. The molecule has 1 aliphatic rings. The van der Waals surface area contributed by atoms with Gasteiger partial charge in [0.15, 0.2) is 0 Å². The molecule has 0 aromatic heterocycles. The summed E-state index contributed by atoms with van der Waals surface area (Å²) < 4.78 is 6.89. The second kappa shape index (κ2) is 4.04. The van der Waals surface area contributed by atoms with E-state index in [1.54, 1.807) is 0 Å². The first kappa shape index (κ1) is 11.9. The van der Waals surface area contributed by atoms with Crippen LogP contribution in [0.1, 0.15) is 44.2 Å². The highest BCUT2D eigenvalue weighted by Gasteiger charge is 2.31. The molecule has 2 nitrogen and oxygen atoms in total. The summed E-state index contributed by atoms with van der Waals surface area (Å²) in [7, 11) is 0. The van der Waals surface area contributed by atoms with Crippen LogP contribution in [0.4, 0.5) is 0 Å². The van der Waals surface area contributed by atoms with Gasteiger partial charge in [-0.1, -0.05) is 29.8 Å². The molecule has 88 valence electrons. The van der Waals surface area contributed by atoms with E-state index in [4.69, 9.17) is 10.5 Å². The Morgan fingerprint density at radius 2 is 2.12 bits per heavy atom. The second-order valence-electron chi connectivity index (χ2n) is 5.04. The number of nitrogens with two attached hydrogens (primary N) is 1. The van der Waals surface area contributed by atoms with Crippen LogP contribution in [-0.2, 0) is 5.54 Å². The molecule has 0 radical (unpaired) electrons. The Morgan fingerprint density at radius 1 is 1.44 bits per heavy atom. The minimum atomic E-state index is -0.277. The molecule has 0 bridgehead atoms. The van der Waals surface area contributed by atoms with E-state index in [2.05, 4.69) is 48.8 Å². The Balaban J connectivity index is 2.64. The average Bonchev–Trinajstić information content (AvgIpc) is 2.17. The second-order valence-corrected chi connectivity index (χ2v) is 5.96. The van der Waals surface area contributed by atoms with Gasteiger partial charge >= 0.3 is 0 Å². The van der Waals surface area contributed by atoms with Crippen LogP contribution in [-0.4, -0.2) is 6.61 Å². The maximum Gasteiger partial charge on any atom is 0.127 e. The lowest BCUT2D eigenvalue weighted by molar-refractivity contribution is 0.224. The minimum Gasteiger partial charge on any atom is -0.493 e. The summed E-state index contributed by atoms with van der Waals surface area (Å²) in [5.74, 6) is 1.44. The topological polar surface area (TPSA) is 35.2 Å². The molecule has 1 aromatic carbocycles. The largest absolute Gasteiger partial charge is 0.493 e. The monoisotopic (exact) mass is 283 g/mol. The molecule has 1 aromatic rings. The van der Waals surface area contributed by atoms with Crippen LogP contribution in [0.2, 0.25) is 0 Å². The molecule has 0 saturated heterocycles. The molecule has 0 fully saturated rings. The van der Waals surface area contributed by atoms with Gasteiger partial charge in [-0.05, 0) is 30.5 Å². The van der Waals surface area contributed by atoms with Crippen molar-refractivity contribution in [2.75, 3.05) is 6.61 Å². The molecule has 2 rings (SSSR count). The quantitative estimate of drug-likeness (QED) is 0.856. The third-order valence-corrected chi connectivity index (χ3v) is 3.65. The summed E-state index contributed by atoms with van der Waals surface area (Å²) in [5, 5.41) is 0. The van der Waals surface area contributed by atoms with Crippen LogP contribution in [0.15, 0.2) is 16.6 Å². The Labute approximate surface area is 105 Å². The van der Waals surface area contributed by atoms with Crippen LogP contribution in [0, 0.1) is 0 Å². The van der Waals surface area contributed by atoms with E-state index in [1.807, 2.05) is 0 Å². The SMILES string of the molecule is CC(C)c1cc(Br)cc2c1OCCC2(C)N. The third-order valence-electron chi connectivity index (χ3n) is 3.19. The van der Waals surface area contributed by atoms with Crippen LogP contribution in [0.5, 0.6) is 5.75 Å². The normalized spacial score (nSPS) is 24.1. The van der Waals surface area contributed by atoms with Crippen molar-refractivity contribution in [3.8, 4) is 5.75 Å². The first-order valence-electron chi connectivity index (χ1n) is 5.67. The Morgan fingerprint density at radius 3 is 2.75 bits per heavy atom. The van der Waals surface area contributed by atoms with E-state index in [0.29, 0.717) is 12.5 Å². The molecular weight excluding hydrogens is 266 g/mol. The maximum atomic E-state index is 6.33. The number of hydrogen-bond acceptors (Lipinski definition) is 2. The Hall–Kier alpha value is -0.540. The first-order chi connectivity index (χ1) is 7.42. The van der Waals surface area contributed by atoms with Crippen LogP contribution in [0.25, 0.3) is 0 Å². The van der Waals surface area contributed by atoms with Crippen molar-refractivity contribution in [1.29, 1.82) is 0 Å². The average molecular weight is 284 g/mol. The fourth-order valence-electron chi connectivity index (χ4n) is 2.13. The summed E-state index contributed by atoms with van der Waals surface area (Å²) in [5.41, 5.74) is 8.41. The zero-order valence-corrected chi connectivity index (χ0v) is 11.6. The number of benzene rings is 1. The number of hydrogen-bond donors (Lipinski definition) is 1. The molecule has 1 heterocycles. The fraction of sp³-hybridized carbons (Fsp3) is 0.538. The fourth-order valence-corrected chi connectivity index (χ4v) is 2.60. The van der Waals surface area contributed by atoms with Gasteiger partial charge in [-0.2, -0.15) is 0 Å². The van der Waals surface area contributed by atoms with Gasteiger partial charge in [0.05, 0.1) is 6.61 Å². The number of ether oxygens (including phenoxy) is 1. The lowest BCUT2D eigenvalue weighted by atomic mass is 9.84. The van der Waals surface area contributed by atoms with Crippen molar-refractivity contribution < 1.29 is 4.74 Å². The third kappa shape index (κ3) is 1.98. The van der Waals surface area contributed by atoms with Crippen LogP contribution >= 0.6 is 15.9 Å². The van der Waals surface area contributed by atoms with E-state index in [9.17, 15) is 0 Å². The molecule has 1 atom stereocenters. The summed E-state index contributed by atoms with van der Waals surface area (Å²) in [4.78, 5) is 0. The maximum absolute atomic E-state index is 6.33. The number of rotatable bonds is 1. The summed E-state index contributed by atoms with van der Waals surface area (Å²) in [6.45, 7) is 7.13. The molecule has 0 spiro atoms. The predicted octanol–water partition coefficient (Wildman–Crippen LogP) is 3.53. The highest BCUT2D eigenvalue weighted by Crippen LogP contribution is 2.41. The van der Waals surface area contributed by atoms with Gasteiger partial charge in [0.2, 0.25) is 0 Å². The van der Waals surface area contributed by atoms with Crippen molar-refractivity contribution in [2.45, 2.75) is 38.6 Å². The van der Waals surface area contributed by atoms with Crippen molar-refractivity contribution in [3.05, 3.63) is 27.7 Å². The van der Waals surface area contributed by atoms with Crippen molar-refractivity contribution >= 4 is 15.9 Å². The molecule has 0 amide bonds. The lowest BCUT2D eigenvalue weighted by Crippen LogP contribution is -2.38. The van der Waals surface area contributed by atoms with Gasteiger partial charge in [0.1, 0.15) is 5.75 Å². The van der Waals surface area contributed by atoms with Crippen molar-refractivity contribution in [1.82, 2.24) is 0 Å². The van der Waals surface area contributed by atoms with Crippen LogP contribution < -0.4 is 10.5 Å². The van der Waals surface area contributed by atoms with Gasteiger partial charge in [-0.3, -0.25) is 0 Å². The van der Waals surface area contributed by atoms with E-state index in [1.165, 1.54) is 5.56 Å². The Kier molecular flexibility index (Phi) is 3.01. The first-order valence-corrected chi connectivity index (χ1v) is 6.47. The smallest absolute Gasteiger partial charge is 0.127 e. The van der Waals surface area contributed by atoms with E-state index >= 15 is 0 Å². The van der Waals surface area contributed by atoms with Crippen molar-refractivity contribution in [2.24, 2.45) is 5.73 Å². The number of halogens is 1. The molecule has 2 N–H and O–H groups in total. The highest BCUT2D eigenvalue weighted by molar-refractivity contribution is 9.10. The van der Waals surface area contributed by atoms with Gasteiger partial charge in [-0.25, -0.2) is 0 Å².